The van der Waals surface area contributed by atoms with Crippen LogP contribution in [0.1, 0.15) is 24.3 Å². The van der Waals surface area contributed by atoms with Gasteiger partial charge in [-0.05, 0) is 19.1 Å². The van der Waals surface area contributed by atoms with Crippen LogP contribution in [0.5, 0.6) is 5.75 Å². The summed E-state index contributed by atoms with van der Waals surface area (Å²) in [6.45, 7) is 2.60. The summed E-state index contributed by atoms with van der Waals surface area (Å²) in [4.78, 5) is 3.96. The zero-order valence-electron chi connectivity index (χ0n) is 10.3. The highest BCUT2D eigenvalue weighted by molar-refractivity contribution is 5.33. The summed E-state index contributed by atoms with van der Waals surface area (Å²) in [7, 11) is 1.47. The zero-order valence-corrected chi connectivity index (χ0v) is 10.3. The molecule has 1 atom stereocenters. The quantitative estimate of drug-likeness (QED) is 0.904. The van der Waals surface area contributed by atoms with E-state index < -0.39 is 11.9 Å². The molecule has 2 rings (SSSR count). The molecule has 0 fully saturated rings. The van der Waals surface area contributed by atoms with Crippen LogP contribution in [0, 0.1) is 5.82 Å². The van der Waals surface area contributed by atoms with Crippen molar-refractivity contribution in [2.24, 2.45) is 0 Å². The Labute approximate surface area is 105 Å². The first-order valence-corrected chi connectivity index (χ1v) is 5.69. The molecule has 0 saturated carbocycles. The monoisotopic (exact) mass is 250 g/mol. The Hall–Kier alpha value is -1.88. The molecule has 1 N–H and O–H groups in total. The lowest BCUT2D eigenvalue weighted by molar-refractivity contribution is 0.205. The Morgan fingerprint density at radius 3 is 2.89 bits per heavy atom. The van der Waals surface area contributed by atoms with Gasteiger partial charge in [-0.3, -0.25) is 0 Å². The first-order valence-electron chi connectivity index (χ1n) is 5.69. The smallest absolute Gasteiger partial charge is 0.133 e. The lowest BCUT2D eigenvalue weighted by Crippen LogP contribution is -2.08. The maximum atomic E-state index is 13.8. The number of hydrogen-bond acceptors (Lipinski definition) is 3. The molecule has 0 saturated heterocycles. The molecule has 0 aliphatic heterocycles. The van der Waals surface area contributed by atoms with Crippen molar-refractivity contribution in [2.75, 3.05) is 7.11 Å². The van der Waals surface area contributed by atoms with Gasteiger partial charge in [0, 0.05) is 18.2 Å². The minimum absolute atomic E-state index is 0.214. The topological polar surface area (TPSA) is 47.3 Å². The number of aliphatic hydroxyl groups is 1. The van der Waals surface area contributed by atoms with E-state index in [9.17, 15) is 9.50 Å². The minimum Gasteiger partial charge on any atom is -0.497 e. The number of halogens is 1. The number of aryl methyl sites for hydroxylation is 1. The largest absolute Gasteiger partial charge is 0.497 e. The maximum absolute atomic E-state index is 13.8. The van der Waals surface area contributed by atoms with E-state index in [1.54, 1.807) is 17.0 Å². The second-order valence-corrected chi connectivity index (χ2v) is 3.89. The molecule has 2 aromatic rings. The van der Waals surface area contributed by atoms with E-state index in [1.807, 2.05) is 6.92 Å². The molecule has 0 aliphatic carbocycles. The number of imidazole rings is 1. The number of rotatable bonds is 4. The van der Waals surface area contributed by atoms with Crippen LogP contribution in [0.15, 0.2) is 30.7 Å². The molecule has 1 aromatic carbocycles. The lowest BCUT2D eigenvalue weighted by Gasteiger charge is -2.14. The summed E-state index contributed by atoms with van der Waals surface area (Å²) in [5, 5.41) is 10.2. The second kappa shape index (κ2) is 5.18. The van der Waals surface area contributed by atoms with E-state index in [0.29, 0.717) is 18.0 Å². The third kappa shape index (κ3) is 2.22. The maximum Gasteiger partial charge on any atom is 0.133 e. The molecular weight excluding hydrogens is 235 g/mol. The van der Waals surface area contributed by atoms with Gasteiger partial charge in [0.25, 0.3) is 0 Å². The Kier molecular flexibility index (Phi) is 3.62. The highest BCUT2D eigenvalue weighted by atomic mass is 19.1. The van der Waals surface area contributed by atoms with E-state index in [1.165, 1.54) is 25.4 Å². The predicted molar refractivity (Wildman–Crippen MR) is 64.9 cm³/mol. The van der Waals surface area contributed by atoms with Crippen molar-refractivity contribution in [3.63, 3.8) is 0 Å². The number of aliphatic hydroxyl groups excluding tert-OH is 1. The molecule has 96 valence electrons. The first kappa shape index (κ1) is 12.6. The van der Waals surface area contributed by atoms with Gasteiger partial charge in [-0.2, -0.15) is 0 Å². The molecule has 0 amide bonds. The van der Waals surface area contributed by atoms with Crippen molar-refractivity contribution in [1.29, 1.82) is 0 Å². The molecule has 4 nitrogen and oxygen atoms in total. The average molecular weight is 250 g/mol. The van der Waals surface area contributed by atoms with Gasteiger partial charge in [0.15, 0.2) is 0 Å². The number of hydrogen-bond donors (Lipinski definition) is 1. The van der Waals surface area contributed by atoms with Gasteiger partial charge < -0.3 is 14.4 Å². The van der Waals surface area contributed by atoms with Crippen molar-refractivity contribution in [3.05, 3.63) is 47.8 Å². The number of nitrogens with zero attached hydrogens (tertiary/aromatic N) is 2. The molecular formula is C13H15FN2O2. The molecule has 0 spiro atoms. The number of benzene rings is 1. The summed E-state index contributed by atoms with van der Waals surface area (Å²) in [5.41, 5.74) is 0.785. The van der Waals surface area contributed by atoms with Crippen LogP contribution in [0.3, 0.4) is 0 Å². The van der Waals surface area contributed by atoms with E-state index in [0.717, 1.165) is 0 Å². The fourth-order valence-electron chi connectivity index (χ4n) is 1.84. The zero-order chi connectivity index (χ0) is 13.1. The normalized spacial score (nSPS) is 12.4. The highest BCUT2D eigenvalue weighted by Crippen LogP contribution is 2.26. The van der Waals surface area contributed by atoms with Crippen molar-refractivity contribution in [3.8, 4) is 5.75 Å². The summed E-state index contributed by atoms with van der Waals surface area (Å²) >= 11 is 0. The average Bonchev–Trinajstić information content (AvgIpc) is 2.86. The van der Waals surface area contributed by atoms with Crippen LogP contribution in [0.25, 0.3) is 0 Å². The van der Waals surface area contributed by atoms with Crippen LogP contribution >= 0.6 is 0 Å². The Bertz CT molecular complexity index is 540. The van der Waals surface area contributed by atoms with Crippen molar-refractivity contribution in [2.45, 2.75) is 19.6 Å². The lowest BCUT2D eigenvalue weighted by atomic mass is 10.1. The fraction of sp³-hybridized carbons (Fsp3) is 0.308. The Balaban J connectivity index is 2.37. The standard InChI is InChI=1S/C13H15FN2O2/c1-3-16-8-15-7-12(16)13(17)10-5-4-9(18-2)6-11(10)14/h4-8,13,17H,3H2,1-2H3. The van der Waals surface area contributed by atoms with E-state index >= 15 is 0 Å². The number of aromatic nitrogens is 2. The summed E-state index contributed by atoms with van der Waals surface area (Å²) in [6, 6.07) is 4.39. The second-order valence-electron chi connectivity index (χ2n) is 3.89. The van der Waals surface area contributed by atoms with Gasteiger partial charge in [-0.1, -0.05) is 0 Å². The van der Waals surface area contributed by atoms with Gasteiger partial charge in [0.05, 0.1) is 25.3 Å². The molecule has 1 heterocycles. The molecule has 5 heteroatoms. The van der Waals surface area contributed by atoms with E-state index in [-0.39, 0.29) is 5.56 Å². The third-order valence-corrected chi connectivity index (χ3v) is 2.87. The SMILES string of the molecule is CCn1cncc1C(O)c1ccc(OC)cc1F. The minimum atomic E-state index is -1.03. The van der Waals surface area contributed by atoms with Crippen molar-refractivity contribution < 1.29 is 14.2 Å². The number of ether oxygens (including phenoxy) is 1. The van der Waals surface area contributed by atoms with Gasteiger partial charge >= 0.3 is 0 Å². The van der Waals surface area contributed by atoms with Crippen LogP contribution in [-0.2, 0) is 6.54 Å². The predicted octanol–water partition coefficient (Wildman–Crippen LogP) is 2.13. The highest BCUT2D eigenvalue weighted by Gasteiger charge is 2.18. The van der Waals surface area contributed by atoms with Crippen LogP contribution in [-0.4, -0.2) is 21.8 Å². The number of methoxy groups -OCH3 is 1. The van der Waals surface area contributed by atoms with Gasteiger partial charge in [0.1, 0.15) is 17.7 Å². The Morgan fingerprint density at radius 1 is 1.50 bits per heavy atom. The van der Waals surface area contributed by atoms with Gasteiger partial charge in [-0.15, -0.1) is 0 Å². The molecule has 18 heavy (non-hydrogen) atoms. The van der Waals surface area contributed by atoms with Crippen LogP contribution in [0.2, 0.25) is 0 Å². The molecule has 0 aliphatic rings. The summed E-state index contributed by atoms with van der Waals surface area (Å²) in [6.07, 6.45) is 2.12. The molecule has 1 unspecified atom stereocenters. The van der Waals surface area contributed by atoms with E-state index in [2.05, 4.69) is 4.98 Å². The fourth-order valence-corrected chi connectivity index (χ4v) is 1.84. The molecule has 0 radical (unpaired) electrons. The first-order chi connectivity index (χ1) is 8.67. The summed E-state index contributed by atoms with van der Waals surface area (Å²) in [5.74, 6) is -0.0712. The van der Waals surface area contributed by atoms with E-state index in [4.69, 9.17) is 4.74 Å². The van der Waals surface area contributed by atoms with Gasteiger partial charge in [-0.25, -0.2) is 9.37 Å². The Morgan fingerprint density at radius 2 is 2.28 bits per heavy atom. The molecule has 1 aromatic heterocycles. The van der Waals surface area contributed by atoms with Crippen molar-refractivity contribution >= 4 is 0 Å². The third-order valence-electron chi connectivity index (χ3n) is 2.87. The molecule has 0 bridgehead atoms. The van der Waals surface area contributed by atoms with Crippen LogP contribution < -0.4 is 4.74 Å². The van der Waals surface area contributed by atoms with Crippen LogP contribution in [0.4, 0.5) is 4.39 Å². The van der Waals surface area contributed by atoms with Gasteiger partial charge in [0.2, 0.25) is 0 Å². The summed E-state index contributed by atoms with van der Waals surface area (Å²) < 4.78 is 20.5. The van der Waals surface area contributed by atoms with Crippen molar-refractivity contribution in [1.82, 2.24) is 9.55 Å².